The van der Waals surface area contributed by atoms with Crippen molar-refractivity contribution in [1.82, 2.24) is 0 Å². The summed E-state index contributed by atoms with van der Waals surface area (Å²) >= 11 is 0. The molecule has 2 heteroatoms. The highest BCUT2D eigenvalue weighted by molar-refractivity contribution is 6.28. The molecule has 0 N–H and O–H groups in total. The number of fused-ring (bicyclic) bond motifs is 3. The van der Waals surface area contributed by atoms with Crippen molar-refractivity contribution < 1.29 is 0 Å². The Kier molecular flexibility index (Phi) is 7.89. The molecule has 0 unspecified atom stereocenters. The van der Waals surface area contributed by atoms with Crippen molar-refractivity contribution in [3.05, 3.63) is 231 Å². The molecule has 12 aromatic carbocycles. The van der Waals surface area contributed by atoms with Gasteiger partial charge < -0.3 is 9.80 Å². The molecule has 280 valence electrons. The summed E-state index contributed by atoms with van der Waals surface area (Å²) < 4.78 is 0. The summed E-state index contributed by atoms with van der Waals surface area (Å²) in [6.07, 6.45) is 0. The van der Waals surface area contributed by atoms with Gasteiger partial charge in [0, 0.05) is 33.5 Å². The average Bonchev–Trinajstić information content (AvgIpc) is 3.32. The molecule has 12 aromatic rings. The van der Waals surface area contributed by atoms with E-state index in [4.69, 9.17) is 0 Å². The van der Waals surface area contributed by atoms with E-state index in [2.05, 4.69) is 240 Å². The normalized spacial score (nSPS) is 11.7. The molecule has 0 saturated heterocycles. The van der Waals surface area contributed by atoms with Crippen molar-refractivity contribution >= 4 is 98.8 Å². The molecule has 0 radical (unpaired) electrons. The zero-order chi connectivity index (χ0) is 39.6. The van der Waals surface area contributed by atoms with Crippen LogP contribution in [-0.2, 0) is 0 Å². The minimum Gasteiger partial charge on any atom is -0.310 e. The average molecular weight is 763 g/mol. The lowest BCUT2D eigenvalue weighted by Gasteiger charge is -2.28. The van der Waals surface area contributed by atoms with Gasteiger partial charge in [0.15, 0.2) is 0 Å². The van der Waals surface area contributed by atoms with E-state index in [1.165, 1.54) is 75.8 Å². The molecule has 0 aromatic heterocycles. The number of benzene rings is 12. The monoisotopic (exact) mass is 762 g/mol. The Labute approximate surface area is 348 Å². The van der Waals surface area contributed by atoms with Crippen LogP contribution in [-0.4, -0.2) is 0 Å². The third-order valence-corrected chi connectivity index (χ3v) is 12.3. The molecular formula is C58H38N2. The molecule has 0 heterocycles. The predicted octanol–water partition coefficient (Wildman–Crippen LogP) is 16.7. The number of hydrogen-bond acceptors (Lipinski definition) is 2. The van der Waals surface area contributed by atoms with Gasteiger partial charge in [0.2, 0.25) is 0 Å². The molecule has 0 atom stereocenters. The summed E-state index contributed by atoms with van der Waals surface area (Å²) in [5.41, 5.74) is 9.28. The third-order valence-electron chi connectivity index (χ3n) is 12.3. The Morgan fingerprint density at radius 2 is 0.617 bits per heavy atom. The number of anilines is 6. The minimum atomic E-state index is 1.13. The minimum absolute atomic E-state index is 1.13. The number of nitrogens with zero attached hydrogens (tertiary/aromatic N) is 2. The van der Waals surface area contributed by atoms with Gasteiger partial charge >= 0.3 is 0 Å². The van der Waals surface area contributed by atoms with E-state index in [9.17, 15) is 0 Å². The van der Waals surface area contributed by atoms with Crippen LogP contribution in [0.3, 0.4) is 0 Å². The fraction of sp³-hybridized carbons (Fsp3) is 0. The summed E-state index contributed by atoms with van der Waals surface area (Å²) in [5.74, 6) is 0. The van der Waals surface area contributed by atoms with Gasteiger partial charge in [0.05, 0.1) is 11.4 Å². The number of para-hydroxylation sites is 2. The van der Waals surface area contributed by atoms with Gasteiger partial charge in [-0.15, -0.1) is 0 Å². The highest BCUT2D eigenvalue weighted by atomic mass is 15.1. The maximum absolute atomic E-state index is 2.43. The molecule has 0 fully saturated rings. The van der Waals surface area contributed by atoms with Gasteiger partial charge in [-0.2, -0.15) is 0 Å². The first-order valence-electron chi connectivity index (χ1n) is 20.7. The van der Waals surface area contributed by atoms with Crippen molar-refractivity contribution in [3.63, 3.8) is 0 Å². The second-order valence-electron chi connectivity index (χ2n) is 15.7. The SMILES string of the molecule is c1ccc(N(c2ccccc2)c2ccc3ccc4c(-c5ccc(N(c6ccc7ccccc7c6)c6ccc7ccccc7c6)c6ccccc56)ccc5ccc2c3c54)cc1. The van der Waals surface area contributed by atoms with Gasteiger partial charge in [0.25, 0.3) is 0 Å². The molecule has 2 nitrogen and oxygen atoms in total. The van der Waals surface area contributed by atoms with E-state index in [1.807, 2.05) is 0 Å². The summed E-state index contributed by atoms with van der Waals surface area (Å²) in [5, 5.41) is 14.9. The van der Waals surface area contributed by atoms with Crippen molar-refractivity contribution in [2.24, 2.45) is 0 Å². The molecule has 0 amide bonds. The fourth-order valence-electron chi connectivity index (χ4n) is 9.57. The van der Waals surface area contributed by atoms with Crippen molar-refractivity contribution in [2.45, 2.75) is 0 Å². The van der Waals surface area contributed by atoms with Crippen LogP contribution in [0.15, 0.2) is 231 Å². The Morgan fingerprint density at radius 3 is 1.25 bits per heavy atom. The summed E-state index contributed by atoms with van der Waals surface area (Å²) in [4.78, 5) is 4.82. The maximum Gasteiger partial charge on any atom is 0.0540 e. The van der Waals surface area contributed by atoms with Gasteiger partial charge in [-0.05, 0) is 126 Å². The second kappa shape index (κ2) is 13.9. The third kappa shape index (κ3) is 5.50. The van der Waals surface area contributed by atoms with Crippen LogP contribution in [0, 0.1) is 0 Å². The zero-order valence-electron chi connectivity index (χ0n) is 32.8. The lowest BCUT2D eigenvalue weighted by Crippen LogP contribution is -2.10. The highest BCUT2D eigenvalue weighted by Gasteiger charge is 2.22. The molecular weight excluding hydrogens is 725 g/mol. The number of hydrogen-bond donors (Lipinski definition) is 0. The van der Waals surface area contributed by atoms with Gasteiger partial charge in [0.1, 0.15) is 0 Å². The first-order chi connectivity index (χ1) is 29.8. The van der Waals surface area contributed by atoms with Crippen molar-refractivity contribution in [1.29, 1.82) is 0 Å². The lowest BCUT2D eigenvalue weighted by atomic mass is 9.87. The topological polar surface area (TPSA) is 6.48 Å². The summed E-state index contributed by atoms with van der Waals surface area (Å²) in [6, 6.07) is 84.4. The molecule has 0 bridgehead atoms. The first kappa shape index (κ1) is 34.1. The lowest BCUT2D eigenvalue weighted by molar-refractivity contribution is 1.30. The molecule has 60 heavy (non-hydrogen) atoms. The van der Waals surface area contributed by atoms with E-state index >= 15 is 0 Å². The number of rotatable bonds is 7. The Balaban J connectivity index is 1.07. The Morgan fingerprint density at radius 1 is 0.217 bits per heavy atom. The van der Waals surface area contributed by atoms with Crippen LogP contribution in [0.1, 0.15) is 0 Å². The van der Waals surface area contributed by atoms with E-state index < -0.39 is 0 Å². The van der Waals surface area contributed by atoms with E-state index in [-0.39, 0.29) is 0 Å². The highest BCUT2D eigenvalue weighted by Crippen LogP contribution is 2.48. The van der Waals surface area contributed by atoms with Crippen LogP contribution in [0.4, 0.5) is 34.1 Å². The molecule has 0 saturated carbocycles. The molecule has 0 aliphatic carbocycles. The van der Waals surface area contributed by atoms with E-state index in [0.717, 1.165) is 34.1 Å². The summed E-state index contributed by atoms with van der Waals surface area (Å²) in [7, 11) is 0. The maximum atomic E-state index is 2.43. The van der Waals surface area contributed by atoms with Gasteiger partial charge in [-0.3, -0.25) is 0 Å². The van der Waals surface area contributed by atoms with Crippen LogP contribution < -0.4 is 9.80 Å². The van der Waals surface area contributed by atoms with E-state index in [1.54, 1.807) is 0 Å². The van der Waals surface area contributed by atoms with Crippen LogP contribution in [0.25, 0.3) is 75.8 Å². The zero-order valence-corrected chi connectivity index (χ0v) is 32.8. The Hall–Kier alpha value is -7.94. The quantitative estimate of drug-likeness (QED) is 0.149. The molecule has 0 aliphatic rings. The first-order valence-corrected chi connectivity index (χ1v) is 20.7. The van der Waals surface area contributed by atoms with Crippen LogP contribution >= 0.6 is 0 Å². The smallest absolute Gasteiger partial charge is 0.0540 e. The molecule has 12 rings (SSSR count). The van der Waals surface area contributed by atoms with Crippen LogP contribution in [0.5, 0.6) is 0 Å². The van der Waals surface area contributed by atoms with Crippen LogP contribution in [0.2, 0.25) is 0 Å². The van der Waals surface area contributed by atoms with Crippen molar-refractivity contribution in [3.8, 4) is 11.1 Å². The fourth-order valence-corrected chi connectivity index (χ4v) is 9.57. The second-order valence-corrected chi connectivity index (χ2v) is 15.7. The van der Waals surface area contributed by atoms with Gasteiger partial charge in [-0.1, -0.05) is 170 Å². The molecule has 0 spiro atoms. The van der Waals surface area contributed by atoms with E-state index in [0.29, 0.717) is 0 Å². The largest absolute Gasteiger partial charge is 0.310 e. The Bertz CT molecular complexity index is 3440. The van der Waals surface area contributed by atoms with Crippen molar-refractivity contribution in [2.75, 3.05) is 9.80 Å². The predicted molar refractivity (Wildman–Crippen MR) is 257 cm³/mol. The van der Waals surface area contributed by atoms with Gasteiger partial charge in [-0.25, -0.2) is 0 Å². The standard InChI is InChI=1S/C58H38N2/c1-3-17-45(18-4-1)59(46-19-5-2-6-20-46)56-35-28-42-26-32-53-51(31-25-41-27-33-54(56)58(42)57(41)53)50-34-36-55(52-22-12-11-21-49(50)52)60(47-29-23-39-13-7-9-15-43(39)37-47)48-30-24-40-14-8-10-16-44(40)38-48/h1-38H. The summed E-state index contributed by atoms with van der Waals surface area (Å²) in [6.45, 7) is 0. The molecule has 0 aliphatic heterocycles.